The fraction of sp³-hybridized carbons (Fsp3) is 0.333. The summed E-state index contributed by atoms with van der Waals surface area (Å²) in [7, 11) is 3.52. The second kappa shape index (κ2) is 5.04. The number of nitrogens with two attached hydrogens (primary N) is 2. The van der Waals surface area contributed by atoms with E-state index in [9.17, 15) is 0 Å². The summed E-state index contributed by atoms with van der Waals surface area (Å²) in [4.78, 5) is 12.8. The summed E-state index contributed by atoms with van der Waals surface area (Å²) in [6, 6.07) is 1.99. The minimum Gasteiger partial charge on any atom is -0.370 e. The zero-order valence-corrected chi connectivity index (χ0v) is 8.94. The van der Waals surface area contributed by atoms with Gasteiger partial charge in [0, 0.05) is 33.0 Å². The maximum Gasteiger partial charge on any atom is 0.223 e. The number of nitrogens with zero attached hydrogens (tertiary/aromatic N) is 3. The van der Waals surface area contributed by atoms with E-state index in [0.29, 0.717) is 12.5 Å². The molecule has 0 amide bonds. The van der Waals surface area contributed by atoms with E-state index in [1.54, 1.807) is 7.05 Å². The van der Waals surface area contributed by atoms with E-state index < -0.39 is 0 Å². The van der Waals surface area contributed by atoms with Crippen molar-refractivity contribution in [2.45, 2.75) is 6.54 Å². The van der Waals surface area contributed by atoms with Gasteiger partial charge in [-0.25, -0.2) is 0 Å². The second-order valence-corrected chi connectivity index (χ2v) is 3.14. The van der Waals surface area contributed by atoms with E-state index >= 15 is 0 Å². The summed E-state index contributed by atoms with van der Waals surface area (Å²) >= 11 is 0. The van der Waals surface area contributed by atoms with E-state index in [1.807, 2.05) is 30.4 Å². The highest BCUT2D eigenvalue weighted by molar-refractivity contribution is 5.93. The van der Waals surface area contributed by atoms with Crippen LogP contribution in [0, 0.1) is 0 Å². The third-order valence-corrected chi connectivity index (χ3v) is 1.85. The number of aliphatic imine (C=N–C) groups is 2. The van der Waals surface area contributed by atoms with Crippen molar-refractivity contribution in [3.05, 3.63) is 24.0 Å². The van der Waals surface area contributed by atoms with Crippen molar-refractivity contribution in [3.63, 3.8) is 0 Å². The molecule has 0 saturated carbocycles. The normalized spacial score (nSPS) is 11.2. The molecule has 0 atom stereocenters. The van der Waals surface area contributed by atoms with Gasteiger partial charge in [-0.05, 0) is 11.6 Å². The van der Waals surface area contributed by atoms with Gasteiger partial charge < -0.3 is 21.4 Å². The van der Waals surface area contributed by atoms with Crippen LogP contribution in [0.25, 0.3) is 0 Å². The lowest BCUT2D eigenvalue weighted by Gasteiger charge is -2.16. The quantitative estimate of drug-likeness (QED) is 0.460. The molecule has 1 rings (SSSR count). The lowest BCUT2D eigenvalue weighted by atomic mass is 10.3. The third kappa shape index (κ3) is 3.34. The average molecular weight is 208 g/mol. The van der Waals surface area contributed by atoms with Crippen molar-refractivity contribution < 1.29 is 0 Å². The van der Waals surface area contributed by atoms with Crippen LogP contribution in [0.5, 0.6) is 0 Å². The van der Waals surface area contributed by atoms with E-state index in [1.165, 1.54) is 0 Å². The SMILES string of the molecule is CN=C(N=C(N)N)N(C)Cc1cc[nH]c1. The van der Waals surface area contributed by atoms with E-state index in [4.69, 9.17) is 11.5 Å². The highest BCUT2D eigenvalue weighted by atomic mass is 15.3. The number of hydrogen-bond acceptors (Lipinski definition) is 1. The number of aromatic nitrogens is 1. The van der Waals surface area contributed by atoms with Crippen LogP contribution in [0.15, 0.2) is 28.4 Å². The summed E-state index contributed by atoms with van der Waals surface area (Å²) in [5.41, 5.74) is 11.7. The number of aromatic amines is 1. The first-order valence-corrected chi connectivity index (χ1v) is 4.52. The maximum absolute atomic E-state index is 5.29. The molecule has 0 bridgehead atoms. The van der Waals surface area contributed by atoms with Gasteiger partial charge in [-0.3, -0.25) is 4.99 Å². The molecule has 0 aliphatic carbocycles. The maximum atomic E-state index is 5.29. The molecule has 0 spiro atoms. The Bertz CT molecular complexity index is 347. The summed E-state index contributed by atoms with van der Waals surface area (Å²) in [5, 5.41) is 0. The zero-order chi connectivity index (χ0) is 11.3. The molecule has 0 aromatic carbocycles. The fourth-order valence-electron chi connectivity index (χ4n) is 1.22. The second-order valence-electron chi connectivity index (χ2n) is 3.14. The molecule has 0 radical (unpaired) electrons. The van der Waals surface area contributed by atoms with E-state index in [-0.39, 0.29) is 5.96 Å². The average Bonchev–Trinajstić information content (AvgIpc) is 2.66. The molecule has 82 valence electrons. The van der Waals surface area contributed by atoms with Gasteiger partial charge in [0.1, 0.15) is 0 Å². The Morgan fingerprint density at radius 1 is 1.53 bits per heavy atom. The van der Waals surface area contributed by atoms with Gasteiger partial charge in [-0.15, -0.1) is 0 Å². The lowest BCUT2D eigenvalue weighted by molar-refractivity contribution is 0.494. The molecule has 0 aliphatic heterocycles. The first-order chi connectivity index (χ1) is 7.13. The van der Waals surface area contributed by atoms with Crippen molar-refractivity contribution in [2.75, 3.05) is 14.1 Å². The Balaban J connectivity index is 2.67. The summed E-state index contributed by atoms with van der Waals surface area (Å²) in [6.07, 6.45) is 3.78. The topological polar surface area (TPSA) is 95.8 Å². The van der Waals surface area contributed by atoms with Gasteiger partial charge >= 0.3 is 0 Å². The van der Waals surface area contributed by atoms with Crippen LogP contribution in [-0.2, 0) is 6.54 Å². The Hall–Kier alpha value is -1.98. The number of guanidine groups is 2. The standard InChI is InChI=1S/C9H16N6/c1-12-9(14-8(10)11)15(2)6-7-3-4-13-5-7/h3-5,13H,6H2,1-2H3,(H4,10,11,12,14). The molecular formula is C9H16N6. The Labute approximate surface area is 88.7 Å². The summed E-state index contributed by atoms with van der Waals surface area (Å²) in [6.45, 7) is 0.701. The Morgan fingerprint density at radius 3 is 2.73 bits per heavy atom. The number of H-pyrrole nitrogens is 1. The van der Waals surface area contributed by atoms with Gasteiger partial charge in [0.05, 0.1) is 0 Å². The summed E-state index contributed by atoms with van der Waals surface area (Å²) < 4.78 is 0. The number of rotatable bonds is 2. The molecule has 0 aliphatic rings. The van der Waals surface area contributed by atoms with Crippen LogP contribution in [0.2, 0.25) is 0 Å². The van der Waals surface area contributed by atoms with Crippen LogP contribution in [0.1, 0.15) is 5.56 Å². The lowest BCUT2D eigenvalue weighted by Crippen LogP contribution is -2.30. The van der Waals surface area contributed by atoms with Gasteiger partial charge in [0.25, 0.3) is 0 Å². The number of nitrogens with one attached hydrogen (secondary N) is 1. The monoisotopic (exact) mass is 208 g/mol. The molecule has 1 heterocycles. The van der Waals surface area contributed by atoms with Crippen molar-refractivity contribution in [1.82, 2.24) is 9.88 Å². The molecule has 0 unspecified atom stereocenters. The van der Waals surface area contributed by atoms with Crippen molar-refractivity contribution in [3.8, 4) is 0 Å². The number of hydrogen-bond donors (Lipinski definition) is 3. The van der Waals surface area contributed by atoms with Crippen LogP contribution in [-0.4, -0.2) is 35.9 Å². The molecule has 0 fully saturated rings. The van der Waals surface area contributed by atoms with E-state index in [2.05, 4.69) is 15.0 Å². The predicted octanol–water partition coefficient (Wildman–Crippen LogP) is -0.294. The molecule has 15 heavy (non-hydrogen) atoms. The first kappa shape index (κ1) is 11.1. The predicted molar refractivity (Wildman–Crippen MR) is 61.4 cm³/mol. The minimum atomic E-state index is 0.0107. The third-order valence-electron chi connectivity index (χ3n) is 1.85. The largest absolute Gasteiger partial charge is 0.370 e. The highest BCUT2D eigenvalue weighted by Gasteiger charge is 2.05. The van der Waals surface area contributed by atoms with Gasteiger partial charge in [0.2, 0.25) is 5.96 Å². The highest BCUT2D eigenvalue weighted by Crippen LogP contribution is 2.02. The van der Waals surface area contributed by atoms with Crippen LogP contribution in [0.3, 0.4) is 0 Å². The van der Waals surface area contributed by atoms with Crippen molar-refractivity contribution >= 4 is 11.9 Å². The van der Waals surface area contributed by atoms with Crippen LogP contribution in [0.4, 0.5) is 0 Å². The van der Waals surface area contributed by atoms with Gasteiger partial charge in [-0.2, -0.15) is 4.99 Å². The van der Waals surface area contributed by atoms with E-state index in [0.717, 1.165) is 5.56 Å². The first-order valence-electron chi connectivity index (χ1n) is 4.52. The smallest absolute Gasteiger partial charge is 0.223 e. The molecule has 6 heteroatoms. The molecule has 1 aromatic heterocycles. The molecule has 0 saturated heterocycles. The van der Waals surface area contributed by atoms with Crippen molar-refractivity contribution in [1.29, 1.82) is 0 Å². The van der Waals surface area contributed by atoms with Crippen LogP contribution >= 0.6 is 0 Å². The minimum absolute atomic E-state index is 0.0107. The van der Waals surface area contributed by atoms with Crippen LogP contribution < -0.4 is 11.5 Å². The molecule has 6 nitrogen and oxygen atoms in total. The Morgan fingerprint density at radius 2 is 2.27 bits per heavy atom. The molecule has 5 N–H and O–H groups in total. The fourth-order valence-corrected chi connectivity index (χ4v) is 1.22. The molecular weight excluding hydrogens is 192 g/mol. The summed E-state index contributed by atoms with van der Waals surface area (Å²) in [5.74, 6) is 0.521. The molecule has 1 aromatic rings. The van der Waals surface area contributed by atoms with Gasteiger partial charge in [0.15, 0.2) is 5.96 Å². The Kier molecular flexibility index (Phi) is 3.73. The van der Waals surface area contributed by atoms with Crippen molar-refractivity contribution in [2.24, 2.45) is 21.5 Å². The zero-order valence-electron chi connectivity index (χ0n) is 8.94. The van der Waals surface area contributed by atoms with Gasteiger partial charge in [-0.1, -0.05) is 0 Å².